The van der Waals surface area contributed by atoms with E-state index in [-0.39, 0.29) is 0 Å². The van der Waals surface area contributed by atoms with Gasteiger partial charge < -0.3 is 19.1 Å². The van der Waals surface area contributed by atoms with Crippen molar-refractivity contribution in [3.8, 4) is 11.5 Å². The Labute approximate surface area is 136 Å². The SMILES string of the molecule is COc1ccc(OC)c2c1CN(Cc1cnc(C)n1C)CC2O. The number of aryl methyl sites for hydroxylation is 1. The van der Waals surface area contributed by atoms with Crippen LogP contribution in [0.25, 0.3) is 0 Å². The monoisotopic (exact) mass is 317 g/mol. The van der Waals surface area contributed by atoms with Gasteiger partial charge in [0.2, 0.25) is 0 Å². The molecule has 2 aromatic rings. The van der Waals surface area contributed by atoms with Crippen molar-refractivity contribution in [2.24, 2.45) is 7.05 Å². The Balaban J connectivity index is 1.92. The lowest BCUT2D eigenvalue weighted by atomic mass is 9.95. The Morgan fingerprint density at radius 1 is 1.26 bits per heavy atom. The Morgan fingerprint density at radius 3 is 2.57 bits per heavy atom. The van der Waals surface area contributed by atoms with Gasteiger partial charge in [-0.05, 0) is 19.1 Å². The summed E-state index contributed by atoms with van der Waals surface area (Å²) in [6.07, 6.45) is 1.29. The number of aliphatic hydroxyl groups is 1. The molecule has 1 N–H and O–H groups in total. The van der Waals surface area contributed by atoms with Crippen LogP contribution in [0.5, 0.6) is 11.5 Å². The molecule has 0 radical (unpaired) electrons. The molecule has 3 rings (SSSR count). The van der Waals surface area contributed by atoms with Gasteiger partial charge in [-0.2, -0.15) is 0 Å². The first-order valence-electron chi connectivity index (χ1n) is 7.66. The normalized spacial score (nSPS) is 17.9. The summed E-state index contributed by atoms with van der Waals surface area (Å²) in [4.78, 5) is 6.54. The van der Waals surface area contributed by atoms with Gasteiger partial charge in [0.05, 0.1) is 26.0 Å². The number of β-amino-alcohol motifs (C(OH)–C–C–N with tert-alkyl or cyclic N) is 1. The number of hydrogen-bond acceptors (Lipinski definition) is 5. The quantitative estimate of drug-likeness (QED) is 0.932. The number of methoxy groups -OCH3 is 2. The number of aromatic nitrogens is 2. The molecule has 0 aliphatic carbocycles. The van der Waals surface area contributed by atoms with E-state index in [1.165, 1.54) is 0 Å². The van der Waals surface area contributed by atoms with Crippen LogP contribution < -0.4 is 9.47 Å². The standard InChI is InChI=1S/C17H23N3O3/c1-11-18-7-12(19(11)2)8-20-9-13-15(22-3)5-6-16(23-4)17(13)14(21)10-20/h5-7,14,21H,8-10H2,1-4H3. The van der Waals surface area contributed by atoms with Crippen LogP contribution in [0.4, 0.5) is 0 Å². The third-order valence-corrected chi connectivity index (χ3v) is 4.56. The Kier molecular flexibility index (Phi) is 4.28. The average Bonchev–Trinajstić information content (AvgIpc) is 2.86. The molecule has 1 atom stereocenters. The molecular weight excluding hydrogens is 294 g/mol. The van der Waals surface area contributed by atoms with Crippen molar-refractivity contribution in [1.82, 2.24) is 14.5 Å². The molecule has 1 unspecified atom stereocenters. The van der Waals surface area contributed by atoms with Crippen LogP contribution in [-0.2, 0) is 20.1 Å². The molecule has 0 amide bonds. The number of nitrogens with zero attached hydrogens (tertiary/aromatic N) is 3. The Bertz CT molecular complexity index is 711. The number of imidazole rings is 1. The molecule has 23 heavy (non-hydrogen) atoms. The smallest absolute Gasteiger partial charge is 0.125 e. The third-order valence-electron chi connectivity index (χ3n) is 4.56. The van der Waals surface area contributed by atoms with Gasteiger partial charge in [0.15, 0.2) is 0 Å². The minimum absolute atomic E-state index is 0.556. The molecule has 124 valence electrons. The lowest BCUT2D eigenvalue weighted by Crippen LogP contribution is -2.34. The first-order chi connectivity index (χ1) is 11.0. The fourth-order valence-electron chi connectivity index (χ4n) is 3.19. The summed E-state index contributed by atoms with van der Waals surface area (Å²) < 4.78 is 13.0. The van der Waals surface area contributed by atoms with Crippen molar-refractivity contribution >= 4 is 0 Å². The number of hydrogen-bond donors (Lipinski definition) is 1. The molecule has 1 aromatic carbocycles. The van der Waals surface area contributed by atoms with E-state index in [4.69, 9.17) is 9.47 Å². The molecule has 1 aliphatic rings. The van der Waals surface area contributed by atoms with Crippen LogP contribution in [0, 0.1) is 6.92 Å². The molecule has 0 fully saturated rings. The molecule has 0 bridgehead atoms. The zero-order chi connectivity index (χ0) is 16.6. The zero-order valence-electron chi connectivity index (χ0n) is 14.0. The minimum atomic E-state index is -0.599. The van der Waals surface area contributed by atoms with Gasteiger partial charge in [0, 0.05) is 44.0 Å². The second-order valence-corrected chi connectivity index (χ2v) is 5.90. The van der Waals surface area contributed by atoms with Crippen LogP contribution in [0.15, 0.2) is 18.3 Å². The highest BCUT2D eigenvalue weighted by Crippen LogP contribution is 2.39. The van der Waals surface area contributed by atoms with E-state index >= 15 is 0 Å². The highest BCUT2D eigenvalue weighted by atomic mass is 16.5. The van der Waals surface area contributed by atoms with E-state index in [2.05, 4.69) is 14.5 Å². The largest absolute Gasteiger partial charge is 0.496 e. The fourth-order valence-corrected chi connectivity index (χ4v) is 3.19. The van der Waals surface area contributed by atoms with Crippen LogP contribution in [0.2, 0.25) is 0 Å². The van der Waals surface area contributed by atoms with Gasteiger partial charge in [-0.15, -0.1) is 0 Å². The summed E-state index contributed by atoms with van der Waals surface area (Å²) in [6.45, 7) is 3.98. The Hall–Kier alpha value is -2.05. The maximum absolute atomic E-state index is 10.6. The molecule has 6 heteroatoms. The van der Waals surface area contributed by atoms with Crippen LogP contribution in [0.3, 0.4) is 0 Å². The van der Waals surface area contributed by atoms with Crippen LogP contribution >= 0.6 is 0 Å². The number of aliphatic hydroxyl groups excluding tert-OH is 1. The summed E-state index contributed by atoms with van der Waals surface area (Å²) in [5.74, 6) is 2.48. The average molecular weight is 317 g/mol. The molecule has 0 spiro atoms. The van der Waals surface area contributed by atoms with E-state index in [9.17, 15) is 5.11 Å². The maximum Gasteiger partial charge on any atom is 0.125 e. The molecule has 1 aromatic heterocycles. The topological polar surface area (TPSA) is 59.8 Å². The maximum atomic E-state index is 10.6. The summed E-state index contributed by atoms with van der Waals surface area (Å²) in [5.41, 5.74) is 2.95. The van der Waals surface area contributed by atoms with Gasteiger partial charge in [0.1, 0.15) is 17.3 Å². The van der Waals surface area contributed by atoms with Crippen molar-refractivity contribution in [1.29, 1.82) is 0 Å². The van der Waals surface area contributed by atoms with Crippen molar-refractivity contribution in [3.05, 3.63) is 41.0 Å². The van der Waals surface area contributed by atoms with Gasteiger partial charge in [-0.1, -0.05) is 0 Å². The van der Waals surface area contributed by atoms with Crippen molar-refractivity contribution in [2.75, 3.05) is 20.8 Å². The van der Waals surface area contributed by atoms with E-state index in [1.807, 2.05) is 32.3 Å². The summed E-state index contributed by atoms with van der Waals surface area (Å²) in [6, 6.07) is 3.74. The molecule has 2 heterocycles. The zero-order valence-corrected chi connectivity index (χ0v) is 14.0. The summed E-state index contributed by atoms with van der Waals surface area (Å²) in [7, 11) is 5.28. The lowest BCUT2D eigenvalue weighted by Gasteiger charge is -2.33. The Morgan fingerprint density at radius 2 is 1.96 bits per heavy atom. The van der Waals surface area contributed by atoms with E-state index in [0.29, 0.717) is 18.8 Å². The predicted octanol–water partition coefficient (Wildman–Crippen LogP) is 1.79. The molecule has 1 aliphatic heterocycles. The second-order valence-electron chi connectivity index (χ2n) is 5.90. The van der Waals surface area contributed by atoms with Gasteiger partial charge in [-0.3, -0.25) is 4.90 Å². The third kappa shape index (κ3) is 2.80. The fraction of sp³-hybridized carbons (Fsp3) is 0.471. The van der Waals surface area contributed by atoms with Gasteiger partial charge in [-0.25, -0.2) is 4.98 Å². The van der Waals surface area contributed by atoms with Crippen LogP contribution in [-0.4, -0.2) is 40.3 Å². The number of fused-ring (bicyclic) bond motifs is 1. The molecular formula is C17H23N3O3. The lowest BCUT2D eigenvalue weighted by molar-refractivity contribution is 0.0831. The number of ether oxygens (including phenoxy) is 2. The first kappa shape index (κ1) is 15.8. The minimum Gasteiger partial charge on any atom is -0.496 e. The molecule has 0 saturated heterocycles. The first-order valence-corrected chi connectivity index (χ1v) is 7.66. The van der Waals surface area contributed by atoms with Crippen molar-refractivity contribution in [3.63, 3.8) is 0 Å². The van der Waals surface area contributed by atoms with Crippen molar-refractivity contribution < 1.29 is 14.6 Å². The highest BCUT2D eigenvalue weighted by molar-refractivity contribution is 5.51. The van der Waals surface area contributed by atoms with E-state index in [1.54, 1.807) is 14.2 Å². The second kappa shape index (κ2) is 6.22. The van der Waals surface area contributed by atoms with E-state index < -0.39 is 6.10 Å². The summed E-state index contributed by atoms with van der Waals surface area (Å²) >= 11 is 0. The molecule has 6 nitrogen and oxygen atoms in total. The highest BCUT2D eigenvalue weighted by Gasteiger charge is 2.30. The predicted molar refractivity (Wildman–Crippen MR) is 86.6 cm³/mol. The molecule has 0 saturated carbocycles. The van der Waals surface area contributed by atoms with Gasteiger partial charge in [0.25, 0.3) is 0 Å². The van der Waals surface area contributed by atoms with Crippen LogP contribution in [0.1, 0.15) is 28.7 Å². The van der Waals surface area contributed by atoms with Crippen molar-refractivity contribution in [2.45, 2.75) is 26.1 Å². The number of benzene rings is 1. The summed E-state index contributed by atoms with van der Waals surface area (Å²) in [5, 5.41) is 10.6. The number of rotatable bonds is 4. The van der Waals surface area contributed by atoms with E-state index in [0.717, 1.165) is 34.9 Å². The van der Waals surface area contributed by atoms with Gasteiger partial charge >= 0.3 is 0 Å².